The lowest BCUT2D eigenvalue weighted by atomic mass is 10.1. The van der Waals surface area contributed by atoms with Crippen molar-refractivity contribution in [3.05, 3.63) is 30.0 Å². The molecule has 0 radical (unpaired) electrons. The number of aromatic carboxylic acids is 1. The number of methoxy groups -OCH3 is 1. The number of carboxylic acid groups (broad SMARTS) is 1. The van der Waals surface area contributed by atoms with E-state index in [4.69, 9.17) is 19.3 Å². The van der Waals surface area contributed by atoms with Gasteiger partial charge in [0.1, 0.15) is 6.10 Å². The minimum atomic E-state index is -1.07. The zero-order chi connectivity index (χ0) is 16.4. The average molecular weight is 318 g/mol. The van der Waals surface area contributed by atoms with E-state index >= 15 is 0 Å². The molecule has 122 valence electrons. The SMILES string of the molecule is COc1cccc(-c2cc(C(=O)O)nn2C)c1OC1CCOC1. The van der Waals surface area contributed by atoms with E-state index in [1.807, 2.05) is 18.2 Å². The molecule has 1 atom stereocenters. The lowest BCUT2D eigenvalue weighted by molar-refractivity contribution is 0.0689. The van der Waals surface area contributed by atoms with Crippen LogP contribution in [0.1, 0.15) is 16.9 Å². The Bertz CT molecular complexity index is 719. The predicted octanol–water partition coefficient (Wildman–Crippen LogP) is 1.96. The average Bonchev–Trinajstić information content (AvgIpc) is 3.17. The van der Waals surface area contributed by atoms with E-state index in [1.165, 1.54) is 10.7 Å². The summed E-state index contributed by atoms with van der Waals surface area (Å²) in [6, 6.07) is 7.02. The Morgan fingerprint density at radius 2 is 2.30 bits per heavy atom. The minimum absolute atomic E-state index is 0.0135. The van der Waals surface area contributed by atoms with Gasteiger partial charge in [0, 0.05) is 19.0 Å². The summed E-state index contributed by atoms with van der Waals surface area (Å²) in [7, 11) is 3.27. The van der Waals surface area contributed by atoms with E-state index in [0.717, 1.165) is 12.0 Å². The number of benzene rings is 1. The fourth-order valence-electron chi connectivity index (χ4n) is 2.60. The number of hydrogen-bond acceptors (Lipinski definition) is 5. The molecule has 0 spiro atoms. The number of aryl methyl sites for hydroxylation is 1. The van der Waals surface area contributed by atoms with Crippen molar-refractivity contribution >= 4 is 5.97 Å². The molecule has 1 N–H and O–H groups in total. The van der Waals surface area contributed by atoms with Crippen molar-refractivity contribution in [2.45, 2.75) is 12.5 Å². The first kappa shape index (κ1) is 15.4. The van der Waals surface area contributed by atoms with E-state index < -0.39 is 5.97 Å². The van der Waals surface area contributed by atoms with Gasteiger partial charge < -0.3 is 19.3 Å². The molecule has 1 aromatic heterocycles. The normalized spacial score (nSPS) is 17.2. The number of carboxylic acids is 1. The number of ether oxygens (including phenoxy) is 3. The largest absolute Gasteiger partial charge is 0.493 e. The lowest BCUT2D eigenvalue weighted by Gasteiger charge is -2.18. The zero-order valence-electron chi connectivity index (χ0n) is 13.0. The maximum absolute atomic E-state index is 11.1. The maximum Gasteiger partial charge on any atom is 0.356 e. The third kappa shape index (κ3) is 3.00. The van der Waals surface area contributed by atoms with Gasteiger partial charge in [-0.3, -0.25) is 4.68 Å². The molecule has 0 aliphatic carbocycles. The molecule has 23 heavy (non-hydrogen) atoms. The van der Waals surface area contributed by atoms with Crippen molar-refractivity contribution in [3.8, 4) is 22.8 Å². The second-order valence-corrected chi connectivity index (χ2v) is 5.28. The van der Waals surface area contributed by atoms with Crippen LogP contribution in [0.15, 0.2) is 24.3 Å². The van der Waals surface area contributed by atoms with Crippen molar-refractivity contribution in [1.29, 1.82) is 0 Å². The first-order valence-electron chi connectivity index (χ1n) is 7.29. The summed E-state index contributed by atoms with van der Waals surface area (Å²) in [4.78, 5) is 11.1. The standard InChI is InChI=1S/C16H18N2O5/c1-18-13(8-12(17-18)16(19)20)11-4-3-5-14(21-2)15(11)23-10-6-7-22-9-10/h3-5,8,10H,6-7,9H2,1-2H3,(H,19,20). The van der Waals surface area contributed by atoms with Crippen LogP contribution in [0.25, 0.3) is 11.3 Å². The van der Waals surface area contributed by atoms with Crippen LogP contribution in [0.4, 0.5) is 0 Å². The Balaban J connectivity index is 2.05. The number of carbonyl (C=O) groups is 1. The van der Waals surface area contributed by atoms with Gasteiger partial charge in [0.05, 0.1) is 26.0 Å². The molecular weight excluding hydrogens is 300 g/mol. The Labute approximate surface area is 133 Å². The second kappa shape index (κ2) is 6.29. The quantitative estimate of drug-likeness (QED) is 0.907. The van der Waals surface area contributed by atoms with Gasteiger partial charge in [-0.05, 0) is 18.2 Å². The molecule has 1 unspecified atom stereocenters. The zero-order valence-corrected chi connectivity index (χ0v) is 13.0. The van der Waals surface area contributed by atoms with E-state index in [2.05, 4.69) is 5.10 Å². The summed E-state index contributed by atoms with van der Waals surface area (Å²) < 4.78 is 18.3. The highest BCUT2D eigenvalue weighted by molar-refractivity contribution is 5.87. The van der Waals surface area contributed by atoms with Crippen LogP contribution in [-0.4, -0.2) is 47.3 Å². The summed E-state index contributed by atoms with van der Waals surface area (Å²) in [6.45, 7) is 1.20. The van der Waals surface area contributed by atoms with Crippen molar-refractivity contribution in [2.75, 3.05) is 20.3 Å². The fourth-order valence-corrected chi connectivity index (χ4v) is 2.60. The first-order chi connectivity index (χ1) is 11.1. The molecule has 0 saturated carbocycles. The van der Waals surface area contributed by atoms with Gasteiger partial charge >= 0.3 is 5.97 Å². The second-order valence-electron chi connectivity index (χ2n) is 5.28. The van der Waals surface area contributed by atoms with Crippen LogP contribution in [0.5, 0.6) is 11.5 Å². The fraction of sp³-hybridized carbons (Fsp3) is 0.375. The van der Waals surface area contributed by atoms with Crippen molar-refractivity contribution < 1.29 is 24.1 Å². The number of hydrogen-bond donors (Lipinski definition) is 1. The van der Waals surface area contributed by atoms with E-state index in [-0.39, 0.29) is 11.8 Å². The van der Waals surface area contributed by atoms with Crippen LogP contribution in [0, 0.1) is 0 Å². The summed E-state index contributed by atoms with van der Waals surface area (Å²) in [5, 5.41) is 13.1. The molecule has 0 amide bonds. The highest BCUT2D eigenvalue weighted by Crippen LogP contribution is 2.39. The van der Waals surface area contributed by atoms with Crippen LogP contribution >= 0.6 is 0 Å². The summed E-state index contributed by atoms with van der Waals surface area (Å²) in [6.07, 6.45) is 0.765. The molecule has 1 saturated heterocycles. The Hall–Kier alpha value is -2.54. The monoisotopic (exact) mass is 318 g/mol. The number of rotatable bonds is 5. The third-order valence-corrected chi connectivity index (χ3v) is 3.75. The molecule has 1 aliphatic heterocycles. The van der Waals surface area contributed by atoms with Crippen molar-refractivity contribution in [1.82, 2.24) is 9.78 Å². The Morgan fingerprint density at radius 3 is 2.91 bits per heavy atom. The molecule has 1 fully saturated rings. The molecule has 3 rings (SSSR count). The predicted molar refractivity (Wildman–Crippen MR) is 82.0 cm³/mol. The van der Waals surface area contributed by atoms with Crippen LogP contribution in [-0.2, 0) is 11.8 Å². The number of aromatic nitrogens is 2. The molecule has 7 nitrogen and oxygen atoms in total. The van der Waals surface area contributed by atoms with Crippen molar-refractivity contribution in [3.63, 3.8) is 0 Å². The summed E-state index contributed by atoms with van der Waals surface area (Å²) in [5.74, 6) is 0.0966. The smallest absolute Gasteiger partial charge is 0.356 e. The lowest BCUT2D eigenvalue weighted by Crippen LogP contribution is -2.17. The molecule has 2 aromatic rings. The minimum Gasteiger partial charge on any atom is -0.493 e. The number of nitrogens with zero attached hydrogens (tertiary/aromatic N) is 2. The van der Waals surface area contributed by atoms with Gasteiger partial charge in [0.25, 0.3) is 0 Å². The molecule has 1 aromatic carbocycles. The molecular formula is C16H18N2O5. The highest BCUT2D eigenvalue weighted by Gasteiger charge is 2.23. The first-order valence-corrected chi connectivity index (χ1v) is 7.29. The van der Waals surface area contributed by atoms with Crippen LogP contribution in [0.3, 0.4) is 0 Å². The third-order valence-electron chi connectivity index (χ3n) is 3.75. The van der Waals surface area contributed by atoms with E-state index in [1.54, 1.807) is 14.2 Å². The van der Waals surface area contributed by atoms with E-state index in [9.17, 15) is 4.79 Å². The van der Waals surface area contributed by atoms with Crippen LogP contribution < -0.4 is 9.47 Å². The topological polar surface area (TPSA) is 82.8 Å². The van der Waals surface area contributed by atoms with Gasteiger partial charge in [0.2, 0.25) is 0 Å². The van der Waals surface area contributed by atoms with E-state index in [0.29, 0.717) is 30.4 Å². The van der Waals surface area contributed by atoms with Gasteiger partial charge in [-0.25, -0.2) is 4.79 Å². The Morgan fingerprint density at radius 1 is 1.48 bits per heavy atom. The summed E-state index contributed by atoms with van der Waals surface area (Å²) >= 11 is 0. The molecule has 2 heterocycles. The van der Waals surface area contributed by atoms with Crippen LogP contribution in [0.2, 0.25) is 0 Å². The Kier molecular flexibility index (Phi) is 4.20. The van der Waals surface area contributed by atoms with Gasteiger partial charge in [-0.2, -0.15) is 5.10 Å². The van der Waals surface area contributed by atoms with Gasteiger partial charge in [-0.1, -0.05) is 6.07 Å². The molecule has 1 aliphatic rings. The number of para-hydroxylation sites is 1. The van der Waals surface area contributed by atoms with Crippen molar-refractivity contribution in [2.24, 2.45) is 7.05 Å². The highest BCUT2D eigenvalue weighted by atomic mass is 16.6. The maximum atomic E-state index is 11.1. The van der Waals surface area contributed by atoms with Gasteiger partial charge in [-0.15, -0.1) is 0 Å². The summed E-state index contributed by atoms with van der Waals surface area (Å²) in [5.41, 5.74) is 1.37. The molecule has 7 heteroatoms. The van der Waals surface area contributed by atoms with Gasteiger partial charge in [0.15, 0.2) is 17.2 Å². The molecule has 0 bridgehead atoms.